The van der Waals surface area contributed by atoms with Gasteiger partial charge in [0.25, 0.3) is 0 Å². The Labute approximate surface area is 78.9 Å². The highest BCUT2D eigenvalue weighted by Gasteiger charge is 2.26. The van der Waals surface area contributed by atoms with Crippen molar-refractivity contribution in [1.82, 2.24) is 4.90 Å². The number of nitrogens with zero attached hydrogens (tertiary/aromatic N) is 1. The van der Waals surface area contributed by atoms with Crippen molar-refractivity contribution in [1.29, 1.82) is 0 Å². The molecule has 2 heterocycles. The van der Waals surface area contributed by atoms with E-state index in [1.54, 1.807) is 0 Å². The average molecular weight is 186 g/mol. The van der Waals surface area contributed by atoms with Crippen LogP contribution in [0.2, 0.25) is 0 Å². The van der Waals surface area contributed by atoms with Gasteiger partial charge >= 0.3 is 0 Å². The Morgan fingerprint density at radius 3 is 2.83 bits per heavy atom. The highest BCUT2D eigenvalue weighted by Crippen LogP contribution is 2.24. The molecule has 2 rings (SSSR count). The number of hydrogen-bond acceptors (Lipinski definition) is 3. The van der Waals surface area contributed by atoms with Crippen LogP contribution in [0.4, 0.5) is 0 Å². The minimum Gasteiger partial charge on any atom is -0.325 e. The summed E-state index contributed by atoms with van der Waals surface area (Å²) in [7, 11) is 0. The van der Waals surface area contributed by atoms with Crippen LogP contribution in [-0.4, -0.2) is 42.1 Å². The number of likely N-dealkylation sites (tertiary alicyclic amines) is 1. The van der Waals surface area contributed by atoms with Gasteiger partial charge in [0.1, 0.15) is 0 Å². The Morgan fingerprint density at radius 2 is 2.25 bits per heavy atom. The molecule has 0 radical (unpaired) electrons. The largest absolute Gasteiger partial charge is 0.325 e. The molecule has 3 heteroatoms. The zero-order chi connectivity index (χ0) is 8.39. The van der Waals surface area contributed by atoms with Gasteiger partial charge in [0, 0.05) is 25.7 Å². The molecule has 0 aromatic rings. The van der Waals surface area contributed by atoms with Gasteiger partial charge in [-0.15, -0.1) is 0 Å². The predicted molar refractivity (Wildman–Crippen MR) is 54.5 cm³/mol. The Bertz CT molecular complexity index is 139. The van der Waals surface area contributed by atoms with E-state index < -0.39 is 0 Å². The number of hydrogen-bond donors (Lipinski definition) is 1. The van der Waals surface area contributed by atoms with Gasteiger partial charge in [0.05, 0.1) is 0 Å². The van der Waals surface area contributed by atoms with Crippen LogP contribution in [0, 0.1) is 5.92 Å². The van der Waals surface area contributed by atoms with Crippen molar-refractivity contribution < 1.29 is 0 Å². The first-order valence-electron chi connectivity index (χ1n) is 4.90. The predicted octanol–water partition coefficient (Wildman–Crippen LogP) is 0.772. The van der Waals surface area contributed by atoms with Gasteiger partial charge in [-0.25, -0.2) is 0 Å². The molecule has 0 saturated carbocycles. The monoisotopic (exact) mass is 186 g/mol. The van der Waals surface area contributed by atoms with Crippen LogP contribution in [0.3, 0.4) is 0 Å². The van der Waals surface area contributed by atoms with Crippen molar-refractivity contribution >= 4 is 11.8 Å². The van der Waals surface area contributed by atoms with E-state index in [1.807, 2.05) is 0 Å². The topological polar surface area (TPSA) is 29.3 Å². The summed E-state index contributed by atoms with van der Waals surface area (Å²) in [6, 6.07) is 0.473. The zero-order valence-electron chi connectivity index (χ0n) is 7.54. The summed E-state index contributed by atoms with van der Waals surface area (Å²) in [5, 5.41) is 0. The fourth-order valence-corrected chi connectivity index (χ4v) is 3.22. The summed E-state index contributed by atoms with van der Waals surface area (Å²) >= 11 is 2.12. The molecule has 1 atom stereocenters. The maximum atomic E-state index is 5.73. The first-order valence-corrected chi connectivity index (χ1v) is 6.06. The number of nitrogens with two attached hydrogens (primary N) is 1. The van der Waals surface area contributed by atoms with E-state index in [9.17, 15) is 0 Å². The Kier molecular flexibility index (Phi) is 2.94. The lowest BCUT2D eigenvalue weighted by Crippen LogP contribution is -2.56. The molecule has 0 spiro atoms. The Hall–Kier alpha value is 0.270. The van der Waals surface area contributed by atoms with E-state index in [1.165, 1.54) is 30.9 Å². The molecule has 0 amide bonds. The van der Waals surface area contributed by atoms with Crippen LogP contribution < -0.4 is 5.73 Å². The van der Waals surface area contributed by atoms with Gasteiger partial charge in [-0.3, -0.25) is 4.90 Å². The molecular weight excluding hydrogens is 168 g/mol. The molecule has 0 aliphatic carbocycles. The van der Waals surface area contributed by atoms with Crippen molar-refractivity contribution in [2.75, 3.05) is 31.1 Å². The lowest BCUT2D eigenvalue weighted by atomic mass is 10.0. The molecule has 1 unspecified atom stereocenters. The van der Waals surface area contributed by atoms with E-state index in [2.05, 4.69) is 16.7 Å². The van der Waals surface area contributed by atoms with Crippen LogP contribution in [0.5, 0.6) is 0 Å². The molecule has 0 aromatic heterocycles. The summed E-state index contributed by atoms with van der Waals surface area (Å²) in [4.78, 5) is 2.50. The van der Waals surface area contributed by atoms with E-state index >= 15 is 0 Å². The number of thioether (sulfide) groups is 1. The molecule has 0 bridgehead atoms. The summed E-state index contributed by atoms with van der Waals surface area (Å²) in [6.07, 6.45) is 2.87. The molecule has 2 aliphatic heterocycles. The normalized spacial score (nSPS) is 33.2. The minimum absolute atomic E-state index is 0.473. The summed E-state index contributed by atoms with van der Waals surface area (Å²) in [6.45, 7) is 3.59. The Balaban J connectivity index is 1.65. The van der Waals surface area contributed by atoms with Gasteiger partial charge < -0.3 is 5.73 Å². The molecule has 0 aromatic carbocycles. The fourth-order valence-electron chi connectivity index (χ4n) is 2.08. The lowest BCUT2D eigenvalue weighted by Gasteiger charge is -2.39. The quantitative estimate of drug-likeness (QED) is 0.691. The molecular formula is C9H18N2S. The van der Waals surface area contributed by atoms with Gasteiger partial charge in [-0.1, -0.05) is 0 Å². The molecule has 2 aliphatic rings. The van der Waals surface area contributed by atoms with E-state index in [-0.39, 0.29) is 0 Å². The van der Waals surface area contributed by atoms with Gasteiger partial charge in [0.2, 0.25) is 0 Å². The van der Waals surface area contributed by atoms with E-state index in [4.69, 9.17) is 5.73 Å². The van der Waals surface area contributed by atoms with E-state index in [0.29, 0.717) is 6.04 Å². The smallest absolute Gasteiger partial charge is 0.0297 e. The van der Waals surface area contributed by atoms with Crippen LogP contribution in [0.15, 0.2) is 0 Å². The highest BCUT2D eigenvalue weighted by molar-refractivity contribution is 7.99. The maximum absolute atomic E-state index is 5.73. The second-order valence-electron chi connectivity index (χ2n) is 4.06. The summed E-state index contributed by atoms with van der Waals surface area (Å²) < 4.78 is 0. The van der Waals surface area contributed by atoms with Crippen molar-refractivity contribution in [3.8, 4) is 0 Å². The third-order valence-electron chi connectivity index (χ3n) is 2.76. The van der Waals surface area contributed by atoms with Crippen LogP contribution in [0.25, 0.3) is 0 Å². The zero-order valence-corrected chi connectivity index (χ0v) is 8.35. The molecule has 2 N–H and O–H groups in total. The first kappa shape index (κ1) is 8.85. The van der Waals surface area contributed by atoms with Crippen LogP contribution >= 0.6 is 11.8 Å². The van der Waals surface area contributed by atoms with E-state index in [0.717, 1.165) is 19.0 Å². The highest BCUT2D eigenvalue weighted by atomic mass is 32.2. The summed E-state index contributed by atoms with van der Waals surface area (Å²) in [5.41, 5.74) is 5.73. The third kappa shape index (κ3) is 2.15. The third-order valence-corrected chi connectivity index (χ3v) is 4.04. The van der Waals surface area contributed by atoms with Crippen LogP contribution in [-0.2, 0) is 0 Å². The SMILES string of the molecule is NC1CN(CC2CCCSC2)C1. The van der Waals surface area contributed by atoms with Crippen molar-refractivity contribution in [2.45, 2.75) is 18.9 Å². The molecule has 2 saturated heterocycles. The van der Waals surface area contributed by atoms with Gasteiger partial charge in [-0.2, -0.15) is 11.8 Å². The van der Waals surface area contributed by atoms with Gasteiger partial charge in [0.15, 0.2) is 0 Å². The fraction of sp³-hybridized carbons (Fsp3) is 1.00. The lowest BCUT2D eigenvalue weighted by molar-refractivity contribution is 0.128. The van der Waals surface area contributed by atoms with Crippen LogP contribution in [0.1, 0.15) is 12.8 Å². The van der Waals surface area contributed by atoms with Crippen molar-refractivity contribution in [3.63, 3.8) is 0 Å². The minimum atomic E-state index is 0.473. The Morgan fingerprint density at radius 1 is 1.42 bits per heavy atom. The maximum Gasteiger partial charge on any atom is 0.0297 e. The van der Waals surface area contributed by atoms with Gasteiger partial charge in [-0.05, 0) is 30.3 Å². The first-order chi connectivity index (χ1) is 5.84. The molecule has 2 fully saturated rings. The average Bonchev–Trinajstić information content (AvgIpc) is 2.04. The van der Waals surface area contributed by atoms with Crippen molar-refractivity contribution in [3.05, 3.63) is 0 Å². The molecule has 70 valence electrons. The second-order valence-corrected chi connectivity index (χ2v) is 5.21. The molecule has 12 heavy (non-hydrogen) atoms. The molecule has 2 nitrogen and oxygen atoms in total. The standard InChI is InChI=1S/C9H18N2S/c10-9-5-11(6-9)4-8-2-1-3-12-7-8/h8-9H,1-7,10H2. The number of rotatable bonds is 2. The second kappa shape index (κ2) is 3.99. The van der Waals surface area contributed by atoms with Crippen molar-refractivity contribution in [2.24, 2.45) is 11.7 Å². The summed E-state index contributed by atoms with van der Waals surface area (Å²) in [5.74, 6) is 3.72.